The minimum absolute atomic E-state index is 0.117. The van der Waals surface area contributed by atoms with Crippen LogP contribution in [-0.4, -0.2) is 72.2 Å². The van der Waals surface area contributed by atoms with Gasteiger partial charge in [-0.2, -0.15) is 0 Å². The van der Waals surface area contributed by atoms with Crippen LogP contribution < -0.4 is 8.85 Å². The average Bonchev–Trinajstić information content (AvgIpc) is 3.34. The number of ether oxygens (including phenoxy) is 1. The van der Waals surface area contributed by atoms with Crippen LogP contribution in [0.3, 0.4) is 0 Å². The number of nitrogens with zero attached hydrogens (tertiary/aromatic N) is 4. The third-order valence-corrected chi connectivity index (χ3v) is 5.93. The summed E-state index contributed by atoms with van der Waals surface area (Å²) >= 11 is 1.92. The normalized spacial score (nSPS) is 26.7. The van der Waals surface area contributed by atoms with E-state index in [1.807, 2.05) is 53.2 Å². The number of aromatic nitrogens is 4. The number of aliphatic hydroxyl groups excluding tert-OH is 3. The Balaban J connectivity index is 1.87. The molecule has 1 aliphatic rings. The molecule has 31 heavy (non-hydrogen) atoms. The van der Waals surface area contributed by atoms with Gasteiger partial charge in [0.15, 0.2) is 28.8 Å². The van der Waals surface area contributed by atoms with Crippen LogP contribution in [0.1, 0.15) is 5.56 Å². The highest BCUT2D eigenvalue weighted by Crippen LogP contribution is 2.41. The molecular weight excluding hydrogens is 519 g/mol. The maximum absolute atomic E-state index is 12.0. The van der Waals surface area contributed by atoms with E-state index in [-0.39, 0.29) is 6.42 Å². The molecule has 0 aliphatic carbocycles. The summed E-state index contributed by atoms with van der Waals surface area (Å²) in [7, 11) is 1.36. The number of halogens is 1. The number of amides is 1. The zero-order valence-electron chi connectivity index (χ0n) is 16.4. The first-order valence-corrected chi connectivity index (χ1v) is 10.5. The number of anilines is 1. The Morgan fingerprint density at radius 1 is 1.29 bits per heavy atom. The molecule has 3 aromatic rings. The van der Waals surface area contributed by atoms with Crippen molar-refractivity contribution < 1.29 is 24.9 Å². The summed E-state index contributed by atoms with van der Waals surface area (Å²) in [6, 6.07) is 9.22. The van der Waals surface area contributed by atoms with Crippen LogP contribution in [-0.2, 0) is 21.7 Å². The van der Waals surface area contributed by atoms with E-state index in [0.717, 1.165) is 5.56 Å². The van der Waals surface area contributed by atoms with Gasteiger partial charge >= 0.3 is 0 Å². The molecule has 2 aromatic heterocycles. The molecule has 4 rings (SSSR count). The number of likely N-dealkylation sites (N-methyl/N-ethyl adjacent to an activating group) is 1. The monoisotopic (exact) mass is 540 g/mol. The molecule has 3 heterocycles. The van der Waals surface area contributed by atoms with E-state index in [2.05, 4.69) is 23.8 Å². The second kappa shape index (κ2) is 8.63. The lowest BCUT2D eigenvalue weighted by Gasteiger charge is -2.34. The van der Waals surface area contributed by atoms with Gasteiger partial charge in [-0.05, 0) is 5.56 Å². The first-order chi connectivity index (χ1) is 14.9. The summed E-state index contributed by atoms with van der Waals surface area (Å²) in [6.07, 6.45) is -3.22. The van der Waals surface area contributed by atoms with Gasteiger partial charge in [0.1, 0.15) is 24.6 Å². The number of imidazole rings is 1. The van der Waals surface area contributed by atoms with Crippen LogP contribution in [0.4, 0.5) is 5.82 Å². The molecule has 1 fully saturated rings. The Bertz CT molecular complexity index is 1080. The van der Waals surface area contributed by atoms with Gasteiger partial charge in [-0.25, -0.2) is 15.0 Å². The smallest absolute Gasteiger partial charge is 0.251 e. The molecule has 5 N–H and O–H groups in total. The lowest BCUT2D eigenvalue weighted by Crippen LogP contribution is -2.47. The van der Waals surface area contributed by atoms with E-state index in [0.29, 0.717) is 17.0 Å². The number of hydrogen-bond acceptors (Lipinski definition) is 9. The highest BCUT2D eigenvalue weighted by molar-refractivity contribution is 14.1. The van der Waals surface area contributed by atoms with Crippen LogP contribution in [0.25, 0.3) is 11.2 Å². The van der Waals surface area contributed by atoms with Crippen molar-refractivity contribution in [1.82, 2.24) is 24.8 Å². The average molecular weight is 540 g/mol. The van der Waals surface area contributed by atoms with Crippen LogP contribution in [0.5, 0.6) is 0 Å². The van der Waals surface area contributed by atoms with E-state index >= 15 is 0 Å². The lowest BCUT2D eigenvalue weighted by molar-refractivity contribution is -0.166. The zero-order valence-corrected chi connectivity index (χ0v) is 18.5. The molecule has 5 atom stereocenters. The molecule has 0 saturated carbocycles. The third-order valence-electron chi connectivity index (χ3n) is 5.42. The van der Waals surface area contributed by atoms with Crippen molar-refractivity contribution in [1.29, 1.82) is 0 Å². The molecular formula is C19H21IN6O5. The van der Waals surface area contributed by atoms with E-state index in [1.54, 1.807) is 0 Å². The van der Waals surface area contributed by atoms with Crippen LogP contribution >= 0.6 is 22.9 Å². The van der Waals surface area contributed by atoms with Gasteiger partial charge in [0.05, 0.1) is 29.2 Å². The van der Waals surface area contributed by atoms with Gasteiger partial charge in [-0.1, -0.05) is 30.3 Å². The van der Waals surface area contributed by atoms with Gasteiger partial charge in [-0.3, -0.25) is 9.36 Å². The summed E-state index contributed by atoms with van der Waals surface area (Å²) in [5.74, 6) is -0.268. The van der Waals surface area contributed by atoms with Gasteiger partial charge in [0.25, 0.3) is 5.91 Å². The van der Waals surface area contributed by atoms with Gasteiger partial charge < -0.3 is 28.9 Å². The third kappa shape index (κ3) is 3.63. The predicted molar refractivity (Wildman–Crippen MR) is 118 cm³/mol. The molecule has 0 bridgehead atoms. The summed E-state index contributed by atoms with van der Waals surface area (Å²) in [4.78, 5) is 24.8. The second-order valence-electron chi connectivity index (χ2n) is 7.19. The molecule has 0 radical (unpaired) electrons. The van der Waals surface area contributed by atoms with E-state index in [9.17, 15) is 20.1 Å². The first kappa shape index (κ1) is 21.8. The van der Waals surface area contributed by atoms with Crippen molar-refractivity contribution in [3.8, 4) is 0 Å². The topological polar surface area (TPSA) is 155 Å². The van der Waals surface area contributed by atoms with Crippen molar-refractivity contribution >= 4 is 45.8 Å². The Labute approximate surface area is 191 Å². The largest absolute Gasteiger partial charge is 0.387 e. The quantitative estimate of drug-likeness (QED) is 0.210. The fourth-order valence-corrected chi connectivity index (χ4v) is 4.26. The van der Waals surface area contributed by atoms with Crippen LogP contribution in [0.2, 0.25) is 0 Å². The molecule has 11 nitrogen and oxygen atoms in total. The molecule has 1 unspecified atom stereocenters. The van der Waals surface area contributed by atoms with Gasteiger partial charge in [0, 0.05) is 13.5 Å². The highest BCUT2D eigenvalue weighted by atomic mass is 127. The SMILES string of the molecule is CNC(=O)C(O)[C@H]1O[C@@](Cc2ccccc2)(n2cnc3c(NI)ncnc32)[C@H](O)[C@@H]1O. The minimum Gasteiger partial charge on any atom is -0.387 e. The minimum atomic E-state index is -1.69. The first-order valence-electron chi connectivity index (χ1n) is 9.45. The molecule has 12 heteroatoms. The molecule has 1 saturated heterocycles. The predicted octanol–water partition coefficient (Wildman–Crippen LogP) is -0.289. The Morgan fingerprint density at radius 2 is 2.03 bits per heavy atom. The maximum Gasteiger partial charge on any atom is 0.251 e. The fraction of sp³-hybridized carbons (Fsp3) is 0.368. The summed E-state index contributed by atoms with van der Waals surface area (Å²) in [5.41, 5.74) is -0.00476. The standard InChI is InChI=1S/C19H21IN6O5/c1-21-18(30)13(28)14-12(27)15(29)19(31-14,7-10-5-3-2-4-6-10)26-9-24-11-16(25-20)22-8-23-17(11)26/h2-6,8-9,12-15,27-29H,7H2,1H3,(H,21,30)(H,22,23,25)/t12-,13?,14+,15-,19-/m1/s1. The van der Waals surface area contributed by atoms with Crippen LogP contribution in [0.15, 0.2) is 43.0 Å². The fourth-order valence-electron chi connectivity index (χ4n) is 3.87. The van der Waals surface area contributed by atoms with Crippen LogP contribution in [0, 0.1) is 0 Å². The summed E-state index contributed by atoms with van der Waals surface area (Å²) in [6.45, 7) is 0. The van der Waals surface area contributed by atoms with Gasteiger partial charge in [0.2, 0.25) is 0 Å². The number of carbonyl (C=O) groups is 1. The molecule has 1 amide bonds. The molecule has 1 aliphatic heterocycles. The molecule has 1 aromatic carbocycles. The Hall–Kier alpha value is -2.39. The molecule has 164 valence electrons. The van der Waals surface area contributed by atoms with E-state index in [4.69, 9.17) is 4.74 Å². The molecule has 0 spiro atoms. The second-order valence-corrected chi connectivity index (χ2v) is 7.73. The number of benzene rings is 1. The number of nitrogens with one attached hydrogen (secondary N) is 2. The zero-order chi connectivity index (χ0) is 22.2. The summed E-state index contributed by atoms with van der Waals surface area (Å²) in [5, 5.41) is 34.7. The van der Waals surface area contributed by atoms with Gasteiger partial charge in [-0.15, -0.1) is 0 Å². The van der Waals surface area contributed by atoms with Crippen molar-refractivity contribution in [3.63, 3.8) is 0 Å². The van der Waals surface area contributed by atoms with E-state index in [1.165, 1.54) is 24.3 Å². The number of aliphatic hydroxyl groups is 3. The number of rotatable bonds is 6. The van der Waals surface area contributed by atoms with Crippen molar-refractivity contribution in [3.05, 3.63) is 48.5 Å². The Kier molecular flexibility index (Phi) is 6.07. The highest BCUT2D eigenvalue weighted by Gasteiger charge is 2.58. The maximum atomic E-state index is 12.0. The number of carbonyl (C=O) groups excluding carboxylic acids is 1. The number of hydrogen-bond donors (Lipinski definition) is 5. The van der Waals surface area contributed by atoms with E-state index < -0.39 is 36.0 Å². The Morgan fingerprint density at radius 3 is 2.71 bits per heavy atom. The van der Waals surface area contributed by atoms with Crippen molar-refractivity contribution in [2.45, 2.75) is 36.6 Å². The van der Waals surface area contributed by atoms with Crippen molar-refractivity contribution in [2.75, 3.05) is 10.6 Å². The lowest BCUT2D eigenvalue weighted by atomic mass is 9.94. The number of fused-ring (bicyclic) bond motifs is 1. The van der Waals surface area contributed by atoms with Crippen molar-refractivity contribution in [2.24, 2.45) is 0 Å². The summed E-state index contributed by atoms with van der Waals surface area (Å²) < 4.78 is 10.5.